The number of hydrogen-bond acceptors (Lipinski definition) is 4. The Balaban J connectivity index is 2.55. The Hall–Kier alpha value is -2.40. The number of Topliss-reactive ketones (excluding diaryl/α,β-unsaturated/α-hetero) is 1. The third-order valence-electron chi connectivity index (χ3n) is 12.8. The van der Waals surface area contributed by atoms with Crippen molar-refractivity contribution in [2.45, 2.75) is 193 Å². The van der Waals surface area contributed by atoms with E-state index in [0.717, 1.165) is 87.5 Å². The average Bonchev–Trinajstić information content (AvgIpc) is 3.18. The van der Waals surface area contributed by atoms with Crippen molar-refractivity contribution in [3.63, 3.8) is 0 Å². The summed E-state index contributed by atoms with van der Waals surface area (Å²) in [5, 5.41) is 0.161. The Morgan fingerprint density at radius 2 is 1.24 bits per heavy atom. The van der Waals surface area contributed by atoms with Crippen LogP contribution in [-0.2, 0) is 9.59 Å². The molecule has 0 heterocycles. The standard InChI is InChI=1S/C52H88ClN3O2/c1-14-20-23-43(17-4)32-50(57)56(36-45(19-6)25-22-16-3)49-33-48(42(13)51(53)52(49)58)54-47-27-26-46(31-41(47)12)55(35-44(18-5)24-21-15-2)34-40(11)30-39(10)29-38(9)28-37(7)8/h26-27,31,33,37-40,43-45H,14-25,28-30,32,34-36H2,1-13H3. The van der Waals surface area contributed by atoms with Crippen molar-refractivity contribution in [1.82, 2.24) is 4.90 Å². The molecule has 0 saturated carbocycles. The molecule has 0 radical (unpaired) electrons. The molecule has 0 N–H and O–H groups in total. The molecule has 6 atom stereocenters. The first-order valence-corrected chi connectivity index (χ1v) is 24.4. The molecule has 1 aliphatic rings. The van der Waals surface area contributed by atoms with Crippen LogP contribution in [0.2, 0.25) is 0 Å². The number of unbranched alkanes of at least 4 members (excludes halogenated alkanes) is 3. The number of amides is 1. The van der Waals surface area contributed by atoms with Crippen LogP contribution >= 0.6 is 11.6 Å². The minimum atomic E-state index is -0.271. The van der Waals surface area contributed by atoms with Crippen LogP contribution in [0.15, 0.2) is 45.6 Å². The van der Waals surface area contributed by atoms with Crippen LogP contribution < -0.4 is 4.90 Å². The van der Waals surface area contributed by atoms with Gasteiger partial charge in [-0.2, -0.15) is 0 Å². The van der Waals surface area contributed by atoms with Gasteiger partial charge in [-0.25, -0.2) is 4.99 Å². The first-order valence-electron chi connectivity index (χ1n) is 24.0. The first-order chi connectivity index (χ1) is 27.6. The summed E-state index contributed by atoms with van der Waals surface area (Å²) in [6.45, 7) is 32.1. The Morgan fingerprint density at radius 3 is 1.78 bits per heavy atom. The molecular weight excluding hydrogens is 734 g/mol. The molecule has 1 amide bonds. The summed E-state index contributed by atoms with van der Waals surface area (Å²) in [5.41, 5.74) is 4.91. The molecule has 0 spiro atoms. The van der Waals surface area contributed by atoms with Gasteiger partial charge in [0, 0.05) is 31.7 Å². The van der Waals surface area contributed by atoms with Crippen molar-refractivity contribution < 1.29 is 9.59 Å². The van der Waals surface area contributed by atoms with Gasteiger partial charge >= 0.3 is 0 Å². The first kappa shape index (κ1) is 51.7. The van der Waals surface area contributed by atoms with Crippen LogP contribution in [0.25, 0.3) is 0 Å². The molecule has 0 fully saturated rings. The lowest BCUT2D eigenvalue weighted by Gasteiger charge is -2.33. The van der Waals surface area contributed by atoms with Crippen LogP contribution in [0.1, 0.15) is 191 Å². The third kappa shape index (κ3) is 17.3. The lowest BCUT2D eigenvalue weighted by atomic mass is 9.85. The van der Waals surface area contributed by atoms with Gasteiger partial charge in [0.05, 0.1) is 22.1 Å². The predicted octanol–water partition coefficient (Wildman–Crippen LogP) is 15.5. The highest BCUT2D eigenvalue weighted by Gasteiger charge is 2.33. The maximum Gasteiger partial charge on any atom is 0.227 e. The number of carbonyl (C=O) groups excluding carboxylic acids is 2. The summed E-state index contributed by atoms with van der Waals surface area (Å²) in [6.07, 6.45) is 19.5. The number of ketones is 1. The van der Waals surface area contributed by atoms with E-state index in [9.17, 15) is 9.59 Å². The molecule has 1 aromatic carbocycles. The van der Waals surface area contributed by atoms with Crippen LogP contribution in [0, 0.1) is 48.3 Å². The maximum absolute atomic E-state index is 14.3. The largest absolute Gasteiger partial charge is 0.371 e. The number of halogens is 1. The van der Waals surface area contributed by atoms with E-state index in [1.54, 1.807) is 4.90 Å². The average molecular weight is 823 g/mol. The number of hydrogen-bond donors (Lipinski definition) is 0. The van der Waals surface area contributed by atoms with Gasteiger partial charge in [-0.05, 0) is 129 Å². The van der Waals surface area contributed by atoms with Crippen molar-refractivity contribution in [2.24, 2.45) is 46.4 Å². The number of anilines is 1. The zero-order chi connectivity index (χ0) is 43.4. The van der Waals surface area contributed by atoms with Crippen molar-refractivity contribution in [1.29, 1.82) is 0 Å². The summed E-state index contributed by atoms with van der Waals surface area (Å²) < 4.78 is 0. The monoisotopic (exact) mass is 822 g/mol. The highest BCUT2D eigenvalue weighted by molar-refractivity contribution is 6.49. The molecular formula is C52H88ClN3O2. The van der Waals surface area contributed by atoms with Gasteiger partial charge in [-0.1, -0.05) is 146 Å². The fraction of sp³-hybridized carbons (Fsp3) is 0.750. The van der Waals surface area contributed by atoms with Crippen molar-refractivity contribution in [3.05, 3.63) is 46.1 Å². The molecule has 58 heavy (non-hydrogen) atoms. The number of benzene rings is 1. The SMILES string of the molecule is CCCCC(CC)CC(=O)N(CC(CC)CCCC)C1=CC(=Nc2ccc(N(CC(C)CC(C)CC(C)CC(C)C)CC(CC)CCCC)cc2C)C(C)=C(Cl)C1=O. The molecule has 5 nitrogen and oxygen atoms in total. The van der Waals surface area contributed by atoms with E-state index in [1.165, 1.54) is 50.6 Å². The number of allylic oxidation sites excluding steroid dienone is 3. The number of aryl methyl sites for hydroxylation is 1. The van der Waals surface area contributed by atoms with E-state index < -0.39 is 0 Å². The van der Waals surface area contributed by atoms with Gasteiger partial charge in [-0.3, -0.25) is 9.59 Å². The van der Waals surface area contributed by atoms with Crippen molar-refractivity contribution >= 4 is 40.4 Å². The zero-order valence-corrected chi connectivity index (χ0v) is 40.6. The van der Waals surface area contributed by atoms with Gasteiger partial charge in [0.25, 0.3) is 0 Å². The van der Waals surface area contributed by atoms with E-state index in [4.69, 9.17) is 16.6 Å². The lowest BCUT2D eigenvalue weighted by Crippen LogP contribution is -2.40. The Morgan fingerprint density at radius 1 is 0.707 bits per heavy atom. The predicted molar refractivity (Wildman–Crippen MR) is 255 cm³/mol. The van der Waals surface area contributed by atoms with Crippen LogP contribution in [0.4, 0.5) is 11.4 Å². The second-order valence-corrected chi connectivity index (χ2v) is 19.4. The molecule has 6 heteroatoms. The normalized spacial score (nSPS) is 17.3. The van der Waals surface area contributed by atoms with Crippen LogP contribution in [-0.4, -0.2) is 41.9 Å². The molecule has 6 unspecified atom stereocenters. The minimum Gasteiger partial charge on any atom is -0.371 e. The topological polar surface area (TPSA) is 53.0 Å². The molecule has 330 valence electrons. The van der Waals surface area contributed by atoms with Crippen LogP contribution in [0.3, 0.4) is 0 Å². The van der Waals surface area contributed by atoms with E-state index in [-0.39, 0.29) is 16.7 Å². The zero-order valence-electron chi connectivity index (χ0n) is 39.8. The maximum atomic E-state index is 14.3. The van der Waals surface area contributed by atoms with Crippen LogP contribution in [0.5, 0.6) is 0 Å². The Kier molecular flexibility index (Phi) is 24.5. The molecule has 0 aliphatic heterocycles. The molecule has 0 saturated heterocycles. The second-order valence-electron chi connectivity index (χ2n) is 19.0. The fourth-order valence-electron chi connectivity index (χ4n) is 9.25. The van der Waals surface area contributed by atoms with Gasteiger partial charge in [-0.15, -0.1) is 0 Å². The van der Waals surface area contributed by atoms with E-state index in [0.29, 0.717) is 59.5 Å². The fourth-order valence-corrected chi connectivity index (χ4v) is 9.45. The quantitative estimate of drug-likeness (QED) is 0.0757. The molecule has 0 bridgehead atoms. The Bertz CT molecular complexity index is 1480. The second kappa shape index (κ2) is 27.4. The van der Waals surface area contributed by atoms with Gasteiger partial charge in [0.2, 0.25) is 11.7 Å². The number of rotatable bonds is 29. The Labute approximate surface area is 363 Å². The van der Waals surface area contributed by atoms with Gasteiger partial charge < -0.3 is 9.80 Å². The highest BCUT2D eigenvalue weighted by Crippen LogP contribution is 2.33. The van der Waals surface area contributed by atoms with Gasteiger partial charge in [0.15, 0.2) is 0 Å². The summed E-state index contributed by atoms with van der Waals surface area (Å²) in [7, 11) is 0. The molecule has 1 aromatic rings. The summed E-state index contributed by atoms with van der Waals surface area (Å²) in [5.74, 6) is 3.84. The minimum absolute atomic E-state index is 0.0273. The molecule has 1 aliphatic carbocycles. The van der Waals surface area contributed by atoms with Crippen molar-refractivity contribution in [3.8, 4) is 0 Å². The molecule has 2 rings (SSSR count). The number of aliphatic imine (C=N–C) groups is 1. The summed E-state index contributed by atoms with van der Waals surface area (Å²) in [4.78, 5) is 37.9. The van der Waals surface area contributed by atoms with E-state index in [2.05, 4.69) is 106 Å². The van der Waals surface area contributed by atoms with E-state index >= 15 is 0 Å². The highest BCUT2D eigenvalue weighted by atomic mass is 35.5. The molecule has 0 aromatic heterocycles. The number of nitrogens with zero attached hydrogens (tertiary/aromatic N) is 3. The lowest BCUT2D eigenvalue weighted by molar-refractivity contribution is -0.133. The summed E-state index contributed by atoms with van der Waals surface area (Å²) in [6, 6.07) is 6.70. The summed E-state index contributed by atoms with van der Waals surface area (Å²) >= 11 is 6.88. The van der Waals surface area contributed by atoms with Gasteiger partial charge in [0.1, 0.15) is 0 Å². The van der Waals surface area contributed by atoms with Crippen molar-refractivity contribution in [2.75, 3.05) is 24.5 Å². The number of carbonyl (C=O) groups is 2. The third-order valence-corrected chi connectivity index (χ3v) is 13.3. The van der Waals surface area contributed by atoms with E-state index in [1.807, 2.05) is 13.0 Å². The smallest absolute Gasteiger partial charge is 0.227 e.